The molecule has 0 saturated carbocycles. The van der Waals surface area contributed by atoms with E-state index in [2.05, 4.69) is 28.1 Å². The van der Waals surface area contributed by atoms with E-state index in [0.29, 0.717) is 12.5 Å². The summed E-state index contributed by atoms with van der Waals surface area (Å²) in [6, 6.07) is 9.89. The number of carbonyl (C=O) groups is 1. The number of aryl methyl sites for hydroxylation is 2. The normalized spacial score (nSPS) is 15.1. The molecule has 1 aromatic carbocycles. The topological polar surface area (TPSA) is 59.4 Å². The van der Waals surface area contributed by atoms with E-state index in [4.69, 9.17) is 4.74 Å². The summed E-state index contributed by atoms with van der Waals surface area (Å²) in [7, 11) is 1.65. The molecule has 0 spiro atoms. The van der Waals surface area contributed by atoms with Crippen molar-refractivity contribution in [1.82, 2.24) is 20.0 Å². The number of hydrogen-bond acceptors (Lipinski definition) is 3. The van der Waals surface area contributed by atoms with Crippen LogP contribution in [-0.4, -0.2) is 40.9 Å². The lowest BCUT2D eigenvalue weighted by molar-refractivity contribution is 0.163. The molecule has 6 heteroatoms. The van der Waals surface area contributed by atoms with Crippen molar-refractivity contribution in [1.29, 1.82) is 0 Å². The molecular weight excluding hydrogens is 328 g/mol. The Morgan fingerprint density at radius 1 is 1.23 bits per heavy atom. The van der Waals surface area contributed by atoms with Gasteiger partial charge in [-0.3, -0.25) is 4.68 Å². The number of ether oxygens (including phenoxy) is 1. The van der Waals surface area contributed by atoms with Gasteiger partial charge in [-0.2, -0.15) is 5.10 Å². The second-order valence-electron chi connectivity index (χ2n) is 7.05. The summed E-state index contributed by atoms with van der Waals surface area (Å²) in [6.45, 7) is 7.22. The number of nitrogens with one attached hydrogen (secondary N) is 1. The van der Waals surface area contributed by atoms with Crippen molar-refractivity contribution in [2.45, 2.75) is 39.8 Å². The average Bonchev–Trinajstić information content (AvgIpc) is 2.97. The molecule has 3 rings (SSSR count). The van der Waals surface area contributed by atoms with E-state index in [1.807, 2.05) is 36.1 Å². The SMILES string of the molecule is COc1ccc(CNC(=O)N2CCC(Cn3nc(C)cc3C)CC2)cc1. The van der Waals surface area contributed by atoms with E-state index >= 15 is 0 Å². The van der Waals surface area contributed by atoms with Crippen molar-refractivity contribution in [2.75, 3.05) is 20.2 Å². The van der Waals surface area contributed by atoms with Gasteiger partial charge in [0.1, 0.15) is 5.75 Å². The highest BCUT2D eigenvalue weighted by Gasteiger charge is 2.23. The van der Waals surface area contributed by atoms with Crippen molar-refractivity contribution in [3.8, 4) is 5.75 Å². The monoisotopic (exact) mass is 356 g/mol. The van der Waals surface area contributed by atoms with Crippen molar-refractivity contribution >= 4 is 6.03 Å². The third-order valence-corrected chi connectivity index (χ3v) is 5.04. The highest BCUT2D eigenvalue weighted by Crippen LogP contribution is 2.20. The maximum absolute atomic E-state index is 12.4. The number of amides is 2. The molecule has 140 valence electrons. The van der Waals surface area contributed by atoms with E-state index in [0.717, 1.165) is 49.5 Å². The summed E-state index contributed by atoms with van der Waals surface area (Å²) in [6.07, 6.45) is 2.04. The van der Waals surface area contributed by atoms with Crippen molar-refractivity contribution < 1.29 is 9.53 Å². The molecular formula is C20H28N4O2. The van der Waals surface area contributed by atoms with Crippen LogP contribution < -0.4 is 10.1 Å². The van der Waals surface area contributed by atoms with Crippen LogP contribution in [0.15, 0.2) is 30.3 Å². The number of aromatic nitrogens is 2. The van der Waals surface area contributed by atoms with Crippen LogP contribution in [0, 0.1) is 19.8 Å². The second kappa shape index (κ2) is 8.25. The minimum atomic E-state index is 0.0189. The zero-order valence-electron chi connectivity index (χ0n) is 15.9. The maximum Gasteiger partial charge on any atom is 0.317 e. The van der Waals surface area contributed by atoms with Gasteiger partial charge in [-0.25, -0.2) is 4.79 Å². The fourth-order valence-electron chi connectivity index (χ4n) is 3.46. The van der Waals surface area contributed by atoms with Crippen LogP contribution in [0.4, 0.5) is 4.79 Å². The van der Waals surface area contributed by atoms with Crippen LogP contribution >= 0.6 is 0 Å². The number of benzene rings is 1. The first kappa shape index (κ1) is 18.3. The predicted molar refractivity (Wildman–Crippen MR) is 101 cm³/mol. The molecule has 2 aromatic rings. The molecule has 0 unspecified atom stereocenters. The minimum Gasteiger partial charge on any atom is -0.497 e. The number of likely N-dealkylation sites (tertiary alicyclic amines) is 1. The average molecular weight is 356 g/mol. The van der Waals surface area contributed by atoms with Crippen LogP contribution in [0.2, 0.25) is 0 Å². The van der Waals surface area contributed by atoms with Gasteiger partial charge >= 0.3 is 6.03 Å². The first-order valence-corrected chi connectivity index (χ1v) is 9.22. The highest BCUT2D eigenvalue weighted by atomic mass is 16.5. The molecule has 0 radical (unpaired) electrons. The number of hydrogen-bond donors (Lipinski definition) is 1. The minimum absolute atomic E-state index is 0.0189. The van der Waals surface area contributed by atoms with Gasteiger partial charge in [0.2, 0.25) is 0 Å². The molecule has 2 heterocycles. The van der Waals surface area contributed by atoms with Crippen molar-refractivity contribution in [2.24, 2.45) is 5.92 Å². The Morgan fingerprint density at radius 2 is 1.92 bits per heavy atom. The number of nitrogens with zero attached hydrogens (tertiary/aromatic N) is 3. The van der Waals surface area contributed by atoms with Crippen LogP contribution in [-0.2, 0) is 13.1 Å². The van der Waals surface area contributed by atoms with E-state index < -0.39 is 0 Å². The Kier molecular flexibility index (Phi) is 5.81. The standard InChI is InChI=1S/C20H28N4O2/c1-15-12-16(2)24(22-15)14-18-8-10-23(11-9-18)20(25)21-13-17-4-6-19(26-3)7-5-17/h4-7,12,18H,8-11,13-14H2,1-3H3,(H,21,25). The molecule has 1 aliphatic heterocycles. The molecule has 1 saturated heterocycles. The van der Waals surface area contributed by atoms with Crippen LogP contribution in [0.5, 0.6) is 5.75 Å². The Bertz CT molecular complexity index is 731. The number of carbonyl (C=O) groups excluding carboxylic acids is 1. The van der Waals surface area contributed by atoms with E-state index in [1.165, 1.54) is 5.69 Å². The van der Waals surface area contributed by atoms with E-state index in [-0.39, 0.29) is 6.03 Å². The van der Waals surface area contributed by atoms with Gasteiger partial charge in [0.15, 0.2) is 0 Å². The highest BCUT2D eigenvalue weighted by molar-refractivity contribution is 5.74. The molecule has 0 aliphatic carbocycles. The summed E-state index contributed by atoms with van der Waals surface area (Å²) in [5, 5.41) is 7.56. The predicted octanol–water partition coefficient (Wildman–Crippen LogP) is 3.13. The number of methoxy groups -OCH3 is 1. The smallest absolute Gasteiger partial charge is 0.317 e. The Labute approximate surface area is 155 Å². The largest absolute Gasteiger partial charge is 0.497 e. The molecule has 1 aromatic heterocycles. The van der Waals surface area contributed by atoms with Crippen LogP contribution in [0.1, 0.15) is 29.8 Å². The first-order valence-electron chi connectivity index (χ1n) is 9.22. The summed E-state index contributed by atoms with van der Waals surface area (Å²) in [4.78, 5) is 14.3. The summed E-state index contributed by atoms with van der Waals surface area (Å²) >= 11 is 0. The van der Waals surface area contributed by atoms with E-state index in [1.54, 1.807) is 7.11 Å². The molecule has 1 fully saturated rings. The number of rotatable bonds is 5. The number of piperidine rings is 1. The van der Waals surface area contributed by atoms with Gasteiger partial charge in [0.05, 0.1) is 12.8 Å². The molecule has 0 bridgehead atoms. The van der Waals surface area contributed by atoms with Crippen LogP contribution in [0.3, 0.4) is 0 Å². The molecule has 2 amide bonds. The van der Waals surface area contributed by atoms with Crippen molar-refractivity contribution in [3.05, 3.63) is 47.3 Å². The van der Waals surface area contributed by atoms with Crippen LogP contribution in [0.25, 0.3) is 0 Å². The fraction of sp³-hybridized carbons (Fsp3) is 0.500. The molecule has 0 atom stereocenters. The third-order valence-electron chi connectivity index (χ3n) is 5.04. The Morgan fingerprint density at radius 3 is 2.50 bits per heavy atom. The molecule has 26 heavy (non-hydrogen) atoms. The second-order valence-corrected chi connectivity index (χ2v) is 7.05. The zero-order valence-corrected chi connectivity index (χ0v) is 15.9. The molecule has 1 N–H and O–H groups in total. The summed E-state index contributed by atoms with van der Waals surface area (Å²) < 4.78 is 7.25. The van der Waals surface area contributed by atoms with Gasteiger partial charge in [-0.05, 0) is 56.4 Å². The lowest BCUT2D eigenvalue weighted by atomic mass is 9.97. The fourth-order valence-corrected chi connectivity index (χ4v) is 3.46. The summed E-state index contributed by atoms with van der Waals surface area (Å²) in [5.41, 5.74) is 3.35. The summed E-state index contributed by atoms with van der Waals surface area (Å²) in [5.74, 6) is 1.41. The zero-order chi connectivity index (χ0) is 18.5. The number of urea groups is 1. The molecule has 1 aliphatic rings. The van der Waals surface area contributed by atoms with Gasteiger partial charge < -0.3 is 15.0 Å². The van der Waals surface area contributed by atoms with Gasteiger partial charge in [0, 0.05) is 31.9 Å². The van der Waals surface area contributed by atoms with Gasteiger partial charge in [0.25, 0.3) is 0 Å². The van der Waals surface area contributed by atoms with Gasteiger partial charge in [-0.15, -0.1) is 0 Å². The quantitative estimate of drug-likeness (QED) is 0.895. The Hall–Kier alpha value is -2.50. The lowest BCUT2D eigenvalue weighted by Crippen LogP contribution is -2.44. The lowest BCUT2D eigenvalue weighted by Gasteiger charge is -2.32. The third kappa shape index (κ3) is 4.56. The Balaban J connectivity index is 1.43. The van der Waals surface area contributed by atoms with E-state index in [9.17, 15) is 4.79 Å². The first-order chi connectivity index (χ1) is 12.5. The maximum atomic E-state index is 12.4. The van der Waals surface area contributed by atoms with Gasteiger partial charge in [-0.1, -0.05) is 12.1 Å². The molecule has 6 nitrogen and oxygen atoms in total. The van der Waals surface area contributed by atoms with Crippen molar-refractivity contribution in [3.63, 3.8) is 0 Å².